The Morgan fingerprint density at radius 2 is 1.88 bits per heavy atom. The van der Waals surface area contributed by atoms with Gasteiger partial charge in [0, 0.05) is 17.8 Å². The third-order valence-corrected chi connectivity index (χ3v) is 4.70. The number of methoxy groups -OCH3 is 3. The maximum Gasteiger partial charge on any atom is 0.269 e. The van der Waals surface area contributed by atoms with Crippen molar-refractivity contribution in [3.8, 4) is 23.0 Å². The largest absolute Gasteiger partial charge is 0.493 e. The van der Waals surface area contributed by atoms with Crippen molar-refractivity contribution in [3.63, 3.8) is 0 Å². The Morgan fingerprint density at radius 1 is 1.12 bits per heavy atom. The normalized spacial score (nSPS) is 17.1. The van der Waals surface area contributed by atoms with Crippen LogP contribution >= 0.6 is 0 Å². The Kier molecular flexibility index (Phi) is 4.26. The molecule has 0 aliphatic carbocycles. The summed E-state index contributed by atoms with van der Waals surface area (Å²) >= 11 is 0. The van der Waals surface area contributed by atoms with E-state index >= 15 is 0 Å². The first-order valence-electron chi connectivity index (χ1n) is 12.7. The number of anilines is 5. The maximum atomic E-state index is 14.6. The van der Waals surface area contributed by atoms with Gasteiger partial charge in [-0.05, 0) is 26.0 Å². The summed E-state index contributed by atoms with van der Waals surface area (Å²) in [6, 6.07) is 5.45. The SMILES string of the molecule is [2H]C([2H])([2H])Oc1cc(Nc2ncc(F)c(Nc3ccc4c(n3)NC(=O)C(C)(C)O4)n2)cc(OC)c1OC([2H])([2H])[2H]. The molecule has 3 N–H and O–H groups in total. The molecule has 1 amide bonds. The van der Waals surface area contributed by atoms with Crippen LogP contribution < -0.4 is 34.9 Å². The predicted molar refractivity (Wildman–Crippen MR) is 122 cm³/mol. The highest BCUT2D eigenvalue weighted by Crippen LogP contribution is 2.40. The number of carbonyl (C=O) groups excluding carboxylic acids is 1. The summed E-state index contributed by atoms with van der Waals surface area (Å²) in [5.41, 5.74) is -0.988. The number of pyridine rings is 1. The van der Waals surface area contributed by atoms with Gasteiger partial charge >= 0.3 is 0 Å². The minimum Gasteiger partial charge on any atom is -0.493 e. The van der Waals surface area contributed by atoms with E-state index in [0.29, 0.717) is 5.75 Å². The van der Waals surface area contributed by atoms with E-state index in [4.69, 9.17) is 27.2 Å². The van der Waals surface area contributed by atoms with E-state index in [1.807, 2.05) is 0 Å². The average Bonchev–Trinajstić information content (AvgIpc) is 2.82. The lowest BCUT2D eigenvalue weighted by atomic mass is 10.1. The number of fused-ring (bicyclic) bond motifs is 1. The molecule has 0 bridgehead atoms. The number of carbonyl (C=O) groups is 1. The molecule has 4 rings (SSSR count). The van der Waals surface area contributed by atoms with Crippen LogP contribution in [0.1, 0.15) is 22.1 Å². The molecule has 12 heteroatoms. The molecule has 178 valence electrons. The lowest BCUT2D eigenvalue weighted by molar-refractivity contribution is -0.129. The molecule has 1 aliphatic heterocycles. The Morgan fingerprint density at radius 3 is 2.62 bits per heavy atom. The molecular formula is C22H23FN6O5. The second-order valence-electron chi connectivity index (χ2n) is 7.46. The predicted octanol–water partition coefficient (Wildman–Crippen LogP) is 3.63. The van der Waals surface area contributed by atoms with Crippen molar-refractivity contribution in [2.24, 2.45) is 0 Å². The molecule has 1 aliphatic rings. The first-order chi connectivity index (χ1) is 18.5. The fourth-order valence-electron chi connectivity index (χ4n) is 3.01. The summed E-state index contributed by atoms with van der Waals surface area (Å²) < 4.78 is 79.5. The van der Waals surface area contributed by atoms with Crippen LogP contribution in [0.25, 0.3) is 0 Å². The van der Waals surface area contributed by atoms with Gasteiger partial charge in [0.1, 0.15) is 5.82 Å². The Labute approximate surface area is 203 Å². The molecule has 0 saturated carbocycles. The minimum atomic E-state index is -2.96. The highest BCUT2D eigenvalue weighted by Gasteiger charge is 2.36. The molecule has 0 saturated heterocycles. The van der Waals surface area contributed by atoms with Crippen molar-refractivity contribution in [3.05, 3.63) is 36.3 Å². The summed E-state index contributed by atoms with van der Waals surface area (Å²) in [6.45, 7) is 3.20. The number of hydrogen-bond donors (Lipinski definition) is 3. The number of halogens is 1. The van der Waals surface area contributed by atoms with Crippen molar-refractivity contribution in [2.45, 2.75) is 19.4 Å². The van der Waals surface area contributed by atoms with Gasteiger partial charge in [0.2, 0.25) is 11.7 Å². The molecule has 3 aromatic rings. The summed E-state index contributed by atoms with van der Waals surface area (Å²) in [5.74, 6) is -2.19. The van der Waals surface area contributed by atoms with Gasteiger partial charge in [-0.3, -0.25) is 4.79 Å². The molecule has 1 aromatic carbocycles. The van der Waals surface area contributed by atoms with E-state index in [2.05, 4.69) is 30.9 Å². The smallest absolute Gasteiger partial charge is 0.269 e. The molecule has 11 nitrogen and oxygen atoms in total. The Balaban J connectivity index is 1.62. The maximum absolute atomic E-state index is 14.6. The third kappa shape index (κ3) is 4.42. The van der Waals surface area contributed by atoms with Crippen LogP contribution in [0.3, 0.4) is 0 Å². The van der Waals surface area contributed by atoms with Crippen molar-refractivity contribution < 1.29 is 36.4 Å². The number of amides is 1. The highest BCUT2D eigenvalue weighted by molar-refractivity contribution is 5.99. The number of nitrogens with one attached hydrogen (secondary N) is 3. The molecular weight excluding hydrogens is 447 g/mol. The van der Waals surface area contributed by atoms with Gasteiger partial charge in [0.25, 0.3) is 5.91 Å². The zero-order valence-electron chi connectivity index (χ0n) is 24.1. The van der Waals surface area contributed by atoms with Gasteiger partial charge < -0.3 is 34.9 Å². The van der Waals surface area contributed by atoms with Crippen LogP contribution in [-0.2, 0) is 4.79 Å². The van der Waals surface area contributed by atoms with E-state index in [9.17, 15) is 9.18 Å². The summed E-state index contributed by atoms with van der Waals surface area (Å²) in [5, 5.41) is 8.06. The second-order valence-corrected chi connectivity index (χ2v) is 7.46. The van der Waals surface area contributed by atoms with Gasteiger partial charge in [-0.25, -0.2) is 14.4 Å². The molecule has 3 heterocycles. The minimum absolute atomic E-state index is 0.0981. The van der Waals surface area contributed by atoms with Crippen LogP contribution in [0, 0.1) is 5.82 Å². The standard InChI is InChI=1S/C22H23FN6O5/c1-22(2)20(30)28-19-13(34-22)6-7-16(27-19)26-18-12(23)10-24-21(29-18)25-11-8-14(31-3)17(33-5)15(9-11)32-4/h6-10H,1-5H3,(H3,24,25,26,27,28,29,30)/i3D3,5D3. The van der Waals surface area contributed by atoms with Crippen molar-refractivity contribution in [2.75, 3.05) is 37.1 Å². The van der Waals surface area contributed by atoms with Gasteiger partial charge in [-0.15, -0.1) is 0 Å². The van der Waals surface area contributed by atoms with Crippen molar-refractivity contribution >= 4 is 35.0 Å². The lowest BCUT2D eigenvalue weighted by Gasteiger charge is -2.30. The van der Waals surface area contributed by atoms with Crippen LogP contribution in [0.2, 0.25) is 0 Å². The number of nitrogens with zero attached hydrogens (tertiary/aromatic N) is 3. The van der Waals surface area contributed by atoms with Crippen LogP contribution in [-0.4, -0.2) is 47.6 Å². The topological polar surface area (TPSA) is 129 Å². The van der Waals surface area contributed by atoms with Crippen molar-refractivity contribution in [1.29, 1.82) is 0 Å². The Hall–Kier alpha value is -4.35. The van der Waals surface area contributed by atoms with Crippen LogP contribution in [0.15, 0.2) is 30.5 Å². The first-order valence-corrected chi connectivity index (χ1v) is 9.71. The highest BCUT2D eigenvalue weighted by atomic mass is 19.1. The number of aromatic nitrogens is 3. The van der Waals surface area contributed by atoms with Gasteiger partial charge in [0.05, 0.1) is 35.6 Å². The molecule has 0 atom stereocenters. The van der Waals surface area contributed by atoms with E-state index < -0.39 is 42.9 Å². The van der Waals surface area contributed by atoms with Crippen LogP contribution in [0.5, 0.6) is 23.0 Å². The van der Waals surface area contributed by atoms with Crippen molar-refractivity contribution in [1.82, 2.24) is 15.0 Å². The molecule has 2 aromatic heterocycles. The fourth-order valence-corrected chi connectivity index (χ4v) is 3.01. The van der Waals surface area contributed by atoms with Gasteiger partial charge in [-0.1, -0.05) is 0 Å². The number of hydrogen-bond acceptors (Lipinski definition) is 10. The molecule has 0 unspecified atom stereocenters. The van der Waals surface area contributed by atoms with Gasteiger partial charge in [0.15, 0.2) is 40.3 Å². The first kappa shape index (κ1) is 16.3. The zero-order chi connectivity index (χ0) is 29.5. The number of rotatable bonds is 7. The summed E-state index contributed by atoms with van der Waals surface area (Å²) in [4.78, 5) is 24.3. The zero-order valence-corrected chi connectivity index (χ0v) is 18.1. The Bertz CT molecular complexity index is 1450. The lowest BCUT2D eigenvalue weighted by Crippen LogP contribution is -2.46. The van der Waals surface area contributed by atoms with E-state index in [-0.39, 0.29) is 34.8 Å². The number of ether oxygens (including phenoxy) is 4. The molecule has 0 fully saturated rings. The van der Waals surface area contributed by atoms with E-state index in [1.54, 1.807) is 19.9 Å². The summed E-state index contributed by atoms with van der Waals surface area (Å²) in [7, 11) is -4.69. The summed E-state index contributed by atoms with van der Waals surface area (Å²) in [6.07, 6.45) is 0.868. The second kappa shape index (κ2) is 8.89. The average molecular weight is 476 g/mol. The molecule has 34 heavy (non-hydrogen) atoms. The van der Waals surface area contributed by atoms with Gasteiger partial charge in [-0.2, -0.15) is 4.98 Å². The fraction of sp³-hybridized carbons (Fsp3) is 0.273. The number of benzene rings is 1. The van der Waals surface area contributed by atoms with E-state index in [1.165, 1.54) is 19.2 Å². The third-order valence-electron chi connectivity index (χ3n) is 4.70. The monoisotopic (exact) mass is 476 g/mol. The molecule has 0 radical (unpaired) electrons. The van der Waals surface area contributed by atoms with Crippen LogP contribution in [0.4, 0.5) is 33.5 Å². The quantitative estimate of drug-likeness (QED) is 0.465. The van der Waals surface area contributed by atoms with E-state index in [0.717, 1.165) is 12.3 Å². The molecule has 0 spiro atoms.